The number of rotatable bonds is 5. The predicted molar refractivity (Wildman–Crippen MR) is 89.8 cm³/mol. The van der Waals surface area contributed by atoms with Crippen LogP contribution in [0.1, 0.15) is 19.3 Å². The van der Waals surface area contributed by atoms with Gasteiger partial charge < -0.3 is 20.9 Å². The van der Waals surface area contributed by atoms with Crippen molar-refractivity contribution in [2.45, 2.75) is 25.4 Å². The molecule has 23 heavy (non-hydrogen) atoms. The van der Waals surface area contributed by atoms with Crippen LogP contribution in [0.3, 0.4) is 0 Å². The number of nitrogens with zero attached hydrogens (tertiary/aromatic N) is 2. The molecule has 0 aliphatic heterocycles. The van der Waals surface area contributed by atoms with E-state index >= 15 is 0 Å². The molecular weight excluding hydrogens is 316 g/mol. The van der Waals surface area contributed by atoms with Crippen LogP contribution in [0.25, 0.3) is 0 Å². The van der Waals surface area contributed by atoms with E-state index in [4.69, 9.17) is 22.1 Å². The van der Waals surface area contributed by atoms with E-state index in [-0.39, 0.29) is 18.0 Å². The highest BCUT2D eigenvalue weighted by molar-refractivity contribution is 6.30. The molecule has 1 aliphatic rings. The van der Waals surface area contributed by atoms with Crippen molar-refractivity contribution in [1.82, 2.24) is 9.97 Å². The second-order valence-corrected chi connectivity index (χ2v) is 6.07. The Kier molecular flexibility index (Phi) is 4.83. The summed E-state index contributed by atoms with van der Waals surface area (Å²) >= 11 is 5.87. The molecule has 2 atom stereocenters. The van der Waals surface area contributed by atoms with E-state index in [0.29, 0.717) is 28.9 Å². The molecule has 1 saturated carbocycles. The summed E-state index contributed by atoms with van der Waals surface area (Å²) in [5, 5.41) is 13.8. The summed E-state index contributed by atoms with van der Waals surface area (Å²) in [5.41, 5.74) is 5.67. The van der Waals surface area contributed by atoms with Gasteiger partial charge in [-0.3, -0.25) is 0 Å². The second kappa shape index (κ2) is 7.02. The minimum atomic E-state index is -0.262. The zero-order valence-electron chi connectivity index (χ0n) is 12.6. The van der Waals surface area contributed by atoms with Crippen LogP contribution < -0.4 is 15.8 Å². The number of aromatic nitrogens is 2. The SMILES string of the molecule is Nc1ncc(Oc2ccc(Cl)cc2)c(NCC2CCCC2O)n1. The maximum Gasteiger partial charge on any atom is 0.222 e. The maximum absolute atomic E-state index is 9.91. The highest BCUT2D eigenvalue weighted by Gasteiger charge is 2.25. The molecule has 0 radical (unpaired) electrons. The van der Waals surface area contributed by atoms with Crippen molar-refractivity contribution >= 4 is 23.4 Å². The van der Waals surface area contributed by atoms with E-state index in [1.165, 1.54) is 6.20 Å². The van der Waals surface area contributed by atoms with Gasteiger partial charge in [-0.1, -0.05) is 18.0 Å². The first-order chi connectivity index (χ1) is 11.1. The van der Waals surface area contributed by atoms with Crippen LogP contribution >= 0.6 is 11.6 Å². The van der Waals surface area contributed by atoms with Gasteiger partial charge in [0.2, 0.25) is 5.95 Å². The van der Waals surface area contributed by atoms with Crippen molar-refractivity contribution in [2.24, 2.45) is 5.92 Å². The van der Waals surface area contributed by atoms with E-state index in [1.54, 1.807) is 24.3 Å². The Morgan fingerprint density at radius 2 is 2.09 bits per heavy atom. The summed E-state index contributed by atoms with van der Waals surface area (Å²) in [5.74, 6) is 2.02. The number of hydrogen-bond acceptors (Lipinski definition) is 6. The fourth-order valence-corrected chi connectivity index (χ4v) is 2.82. The molecule has 0 amide bonds. The molecule has 0 bridgehead atoms. The van der Waals surface area contributed by atoms with Crippen molar-refractivity contribution in [3.05, 3.63) is 35.5 Å². The molecule has 4 N–H and O–H groups in total. The third-order valence-corrected chi connectivity index (χ3v) is 4.22. The minimum absolute atomic E-state index is 0.169. The highest BCUT2D eigenvalue weighted by Crippen LogP contribution is 2.30. The van der Waals surface area contributed by atoms with Crippen molar-refractivity contribution in [3.8, 4) is 11.5 Å². The summed E-state index contributed by atoms with van der Waals surface area (Å²) in [6, 6.07) is 7.03. The smallest absolute Gasteiger partial charge is 0.222 e. The molecule has 1 fully saturated rings. The summed E-state index contributed by atoms with van der Waals surface area (Å²) in [6.07, 6.45) is 4.18. The fourth-order valence-electron chi connectivity index (χ4n) is 2.70. The Bertz CT molecular complexity index is 666. The standard InChI is InChI=1S/C16H19ClN4O2/c17-11-4-6-12(7-5-11)23-14-9-20-16(18)21-15(14)19-8-10-2-1-3-13(10)22/h4-7,9-10,13,22H,1-3,8H2,(H3,18,19,20,21). The number of anilines is 2. The molecule has 1 aromatic heterocycles. The van der Waals surface area contributed by atoms with Crippen LogP contribution in [0, 0.1) is 5.92 Å². The highest BCUT2D eigenvalue weighted by atomic mass is 35.5. The first-order valence-corrected chi connectivity index (χ1v) is 7.97. The van der Waals surface area contributed by atoms with E-state index in [0.717, 1.165) is 19.3 Å². The normalized spacial score (nSPS) is 20.4. The number of aliphatic hydroxyl groups excluding tert-OH is 1. The Balaban J connectivity index is 1.73. The van der Waals surface area contributed by atoms with Crippen molar-refractivity contribution in [2.75, 3.05) is 17.6 Å². The van der Waals surface area contributed by atoms with Crippen LogP contribution in [-0.2, 0) is 0 Å². The van der Waals surface area contributed by atoms with Gasteiger partial charge in [-0.25, -0.2) is 4.98 Å². The van der Waals surface area contributed by atoms with Gasteiger partial charge in [0.15, 0.2) is 11.6 Å². The molecular formula is C16H19ClN4O2. The lowest BCUT2D eigenvalue weighted by Gasteiger charge is -2.17. The summed E-state index contributed by atoms with van der Waals surface area (Å²) in [6.45, 7) is 0.620. The monoisotopic (exact) mass is 334 g/mol. The van der Waals surface area contributed by atoms with Crippen LogP contribution in [0.4, 0.5) is 11.8 Å². The van der Waals surface area contributed by atoms with E-state index in [1.807, 2.05) is 0 Å². The topological polar surface area (TPSA) is 93.3 Å². The Morgan fingerprint density at radius 1 is 1.30 bits per heavy atom. The first-order valence-electron chi connectivity index (χ1n) is 7.59. The molecule has 0 saturated heterocycles. The molecule has 2 aromatic rings. The largest absolute Gasteiger partial charge is 0.452 e. The van der Waals surface area contributed by atoms with Crippen molar-refractivity contribution < 1.29 is 9.84 Å². The fraction of sp³-hybridized carbons (Fsp3) is 0.375. The maximum atomic E-state index is 9.91. The number of benzene rings is 1. The molecule has 2 unspecified atom stereocenters. The lowest BCUT2D eigenvalue weighted by Crippen LogP contribution is -2.22. The molecule has 122 valence electrons. The number of halogens is 1. The van der Waals surface area contributed by atoms with Gasteiger partial charge in [0.05, 0.1) is 12.3 Å². The summed E-state index contributed by atoms with van der Waals surface area (Å²) < 4.78 is 5.80. The molecule has 0 spiro atoms. The van der Waals surface area contributed by atoms with E-state index in [2.05, 4.69) is 15.3 Å². The van der Waals surface area contributed by atoms with Gasteiger partial charge >= 0.3 is 0 Å². The predicted octanol–water partition coefficient (Wildman–Crippen LogP) is 3.08. The summed E-state index contributed by atoms with van der Waals surface area (Å²) in [7, 11) is 0. The number of ether oxygens (including phenoxy) is 1. The molecule has 1 aliphatic carbocycles. The number of nitrogen functional groups attached to an aromatic ring is 1. The molecule has 3 rings (SSSR count). The van der Waals surface area contributed by atoms with Crippen LogP contribution in [0.15, 0.2) is 30.5 Å². The van der Waals surface area contributed by atoms with Gasteiger partial charge in [0, 0.05) is 17.5 Å². The zero-order chi connectivity index (χ0) is 16.2. The Hall–Kier alpha value is -2.05. The van der Waals surface area contributed by atoms with E-state index < -0.39 is 0 Å². The van der Waals surface area contributed by atoms with Crippen LogP contribution in [0.5, 0.6) is 11.5 Å². The third kappa shape index (κ3) is 4.03. The van der Waals surface area contributed by atoms with E-state index in [9.17, 15) is 5.11 Å². The molecule has 1 heterocycles. The van der Waals surface area contributed by atoms with Gasteiger partial charge in [0.25, 0.3) is 0 Å². The quantitative estimate of drug-likeness (QED) is 0.778. The Morgan fingerprint density at radius 3 is 2.78 bits per heavy atom. The zero-order valence-corrected chi connectivity index (χ0v) is 13.3. The minimum Gasteiger partial charge on any atom is -0.452 e. The second-order valence-electron chi connectivity index (χ2n) is 5.64. The summed E-state index contributed by atoms with van der Waals surface area (Å²) in [4.78, 5) is 8.17. The molecule has 1 aromatic carbocycles. The van der Waals surface area contributed by atoms with Gasteiger partial charge in [-0.15, -0.1) is 0 Å². The number of aliphatic hydroxyl groups is 1. The third-order valence-electron chi connectivity index (χ3n) is 3.97. The number of nitrogens with one attached hydrogen (secondary N) is 1. The lowest BCUT2D eigenvalue weighted by atomic mass is 10.1. The van der Waals surface area contributed by atoms with Gasteiger partial charge in [-0.05, 0) is 37.1 Å². The molecule has 6 nitrogen and oxygen atoms in total. The van der Waals surface area contributed by atoms with Gasteiger partial charge in [0.1, 0.15) is 5.75 Å². The van der Waals surface area contributed by atoms with Gasteiger partial charge in [-0.2, -0.15) is 4.98 Å². The average Bonchev–Trinajstić information content (AvgIpc) is 2.95. The van der Waals surface area contributed by atoms with Crippen molar-refractivity contribution in [1.29, 1.82) is 0 Å². The van der Waals surface area contributed by atoms with Crippen molar-refractivity contribution in [3.63, 3.8) is 0 Å². The van der Waals surface area contributed by atoms with Crippen LogP contribution in [0.2, 0.25) is 5.02 Å². The lowest BCUT2D eigenvalue weighted by molar-refractivity contribution is 0.138. The number of hydrogen-bond donors (Lipinski definition) is 3. The van der Waals surface area contributed by atoms with Crippen LogP contribution in [-0.4, -0.2) is 27.7 Å². The Labute approximate surface area is 139 Å². The average molecular weight is 335 g/mol. The molecule has 7 heteroatoms. The first kappa shape index (κ1) is 15.8. The number of nitrogens with two attached hydrogens (primary N) is 1.